The summed E-state index contributed by atoms with van der Waals surface area (Å²) in [5.41, 5.74) is 8.40. The second-order valence-electron chi connectivity index (χ2n) is 6.29. The van der Waals surface area contributed by atoms with Gasteiger partial charge in [-0.2, -0.15) is 0 Å². The molecule has 1 amide bonds. The van der Waals surface area contributed by atoms with Gasteiger partial charge >= 0.3 is 0 Å². The molecule has 2 aromatic carbocycles. The molecule has 5 N–H and O–H groups in total. The van der Waals surface area contributed by atoms with Crippen molar-refractivity contribution in [1.29, 1.82) is 5.41 Å². The minimum absolute atomic E-state index is 0.0728. The van der Waals surface area contributed by atoms with Gasteiger partial charge in [0.25, 0.3) is 0 Å². The van der Waals surface area contributed by atoms with Crippen molar-refractivity contribution in [1.82, 2.24) is 5.32 Å². The molecular weight excluding hydrogens is 356 g/mol. The van der Waals surface area contributed by atoms with Gasteiger partial charge in [0.15, 0.2) is 5.96 Å². The monoisotopic (exact) mass is 378 g/mol. The average molecular weight is 378 g/mol. The molecule has 1 aromatic heterocycles. The molecule has 28 heavy (non-hydrogen) atoms. The summed E-state index contributed by atoms with van der Waals surface area (Å²) in [7, 11) is 0. The standard InChI is InChI=1S/C21H22N4O3/c1-14-4-2-5-15(10-14)13-28-19-11-16(20(22)26)7-8-18(19)25-21(23)24-12-17-6-3-9-27-17/h2-11H,12-13H2,1H3,(H2,22,26)(H3,23,24,25). The average Bonchev–Trinajstić information content (AvgIpc) is 3.19. The molecule has 144 valence electrons. The highest BCUT2D eigenvalue weighted by molar-refractivity contribution is 5.96. The number of rotatable bonds is 7. The number of aryl methyl sites for hydroxylation is 1. The summed E-state index contributed by atoms with van der Waals surface area (Å²) in [5, 5.41) is 13.9. The number of carbonyl (C=O) groups excluding carboxylic acids is 1. The Morgan fingerprint density at radius 2 is 2.04 bits per heavy atom. The van der Waals surface area contributed by atoms with E-state index in [1.807, 2.05) is 37.3 Å². The first-order chi connectivity index (χ1) is 13.5. The fraction of sp³-hybridized carbons (Fsp3) is 0.143. The fourth-order valence-corrected chi connectivity index (χ4v) is 2.63. The number of nitrogens with two attached hydrogens (primary N) is 1. The number of primary amides is 1. The van der Waals surface area contributed by atoms with Gasteiger partial charge < -0.3 is 25.5 Å². The number of ether oxygens (including phenoxy) is 1. The number of benzene rings is 2. The Bertz CT molecular complexity index is 968. The van der Waals surface area contributed by atoms with Gasteiger partial charge in [-0.15, -0.1) is 0 Å². The van der Waals surface area contributed by atoms with Gasteiger partial charge in [-0.25, -0.2) is 0 Å². The van der Waals surface area contributed by atoms with Crippen LogP contribution in [0.2, 0.25) is 0 Å². The molecule has 0 aliphatic carbocycles. The maximum atomic E-state index is 11.5. The van der Waals surface area contributed by atoms with E-state index < -0.39 is 5.91 Å². The normalized spacial score (nSPS) is 10.3. The van der Waals surface area contributed by atoms with Crippen LogP contribution in [0.1, 0.15) is 27.2 Å². The van der Waals surface area contributed by atoms with Gasteiger partial charge in [-0.05, 0) is 42.8 Å². The molecule has 1 heterocycles. The summed E-state index contributed by atoms with van der Waals surface area (Å²) in [6.07, 6.45) is 1.58. The smallest absolute Gasteiger partial charge is 0.248 e. The zero-order chi connectivity index (χ0) is 19.9. The molecular formula is C21H22N4O3. The number of furan rings is 1. The van der Waals surface area contributed by atoms with Crippen LogP contribution in [0.25, 0.3) is 0 Å². The Labute approximate surface area is 163 Å². The summed E-state index contributed by atoms with van der Waals surface area (Å²) in [6, 6.07) is 16.4. The highest BCUT2D eigenvalue weighted by atomic mass is 16.5. The van der Waals surface area contributed by atoms with E-state index >= 15 is 0 Å². The SMILES string of the molecule is Cc1cccc(COc2cc(C(N)=O)ccc2NC(=N)NCc2ccco2)c1. The zero-order valence-corrected chi connectivity index (χ0v) is 15.5. The molecule has 3 rings (SSSR count). The largest absolute Gasteiger partial charge is 0.487 e. The van der Waals surface area contributed by atoms with Crippen LogP contribution in [0, 0.1) is 12.3 Å². The minimum atomic E-state index is -0.544. The highest BCUT2D eigenvalue weighted by Crippen LogP contribution is 2.27. The van der Waals surface area contributed by atoms with Crippen LogP contribution in [-0.4, -0.2) is 11.9 Å². The van der Waals surface area contributed by atoms with Gasteiger partial charge in [0.2, 0.25) is 5.91 Å². The molecule has 0 aliphatic heterocycles. The molecule has 0 fully saturated rings. The van der Waals surface area contributed by atoms with E-state index in [2.05, 4.69) is 10.6 Å². The van der Waals surface area contributed by atoms with E-state index in [9.17, 15) is 4.79 Å². The molecule has 7 nitrogen and oxygen atoms in total. The lowest BCUT2D eigenvalue weighted by molar-refractivity contribution is 0.1000. The quantitative estimate of drug-likeness (QED) is 0.372. The van der Waals surface area contributed by atoms with Gasteiger partial charge in [0.1, 0.15) is 18.1 Å². The van der Waals surface area contributed by atoms with Crippen LogP contribution in [0.4, 0.5) is 5.69 Å². The van der Waals surface area contributed by atoms with Crippen LogP contribution < -0.4 is 21.1 Å². The van der Waals surface area contributed by atoms with Crippen molar-refractivity contribution < 1.29 is 13.9 Å². The predicted octanol–water partition coefficient (Wildman–Crippen LogP) is 3.40. The molecule has 7 heteroatoms. The number of amides is 1. The summed E-state index contributed by atoms with van der Waals surface area (Å²) >= 11 is 0. The van der Waals surface area contributed by atoms with Crippen LogP contribution in [0.3, 0.4) is 0 Å². The van der Waals surface area contributed by atoms with Crippen LogP contribution >= 0.6 is 0 Å². The molecule has 0 aliphatic rings. The Balaban J connectivity index is 1.71. The van der Waals surface area contributed by atoms with E-state index in [-0.39, 0.29) is 5.96 Å². The summed E-state index contributed by atoms with van der Waals surface area (Å²) < 4.78 is 11.1. The number of carbonyl (C=O) groups is 1. The number of hydrogen-bond acceptors (Lipinski definition) is 4. The van der Waals surface area contributed by atoms with Crippen molar-refractivity contribution >= 4 is 17.6 Å². The maximum Gasteiger partial charge on any atom is 0.248 e. The lowest BCUT2D eigenvalue weighted by Crippen LogP contribution is -2.29. The van der Waals surface area contributed by atoms with Crippen LogP contribution in [0.15, 0.2) is 65.3 Å². The number of guanidine groups is 1. The summed E-state index contributed by atoms with van der Waals surface area (Å²) in [4.78, 5) is 11.5. The van der Waals surface area contributed by atoms with Gasteiger partial charge in [0.05, 0.1) is 18.5 Å². The van der Waals surface area contributed by atoms with Crippen molar-refractivity contribution in [3.8, 4) is 5.75 Å². The lowest BCUT2D eigenvalue weighted by atomic mass is 10.1. The predicted molar refractivity (Wildman–Crippen MR) is 107 cm³/mol. The lowest BCUT2D eigenvalue weighted by Gasteiger charge is -2.15. The molecule has 0 saturated heterocycles. The van der Waals surface area contributed by atoms with Crippen LogP contribution in [-0.2, 0) is 13.2 Å². The molecule has 0 spiro atoms. The molecule has 0 atom stereocenters. The Hall–Kier alpha value is -3.74. The van der Waals surface area contributed by atoms with Crippen molar-refractivity contribution in [2.45, 2.75) is 20.1 Å². The van der Waals surface area contributed by atoms with Gasteiger partial charge in [-0.3, -0.25) is 10.2 Å². The van der Waals surface area contributed by atoms with E-state index in [0.717, 1.165) is 11.1 Å². The van der Waals surface area contributed by atoms with E-state index in [0.29, 0.717) is 35.9 Å². The van der Waals surface area contributed by atoms with Crippen molar-refractivity contribution in [3.63, 3.8) is 0 Å². The number of anilines is 1. The first kappa shape index (κ1) is 19.0. The third kappa shape index (κ3) is 5.14. The third-order valence-electron chi connectivity index (χ3n) is 4.02. The zero-order valence-electron chi connectivity index (χ0n) is 15.5. The van der Waals surface area contributed by atoms with Gasteiger partial charge in [-0.1, -0.05) is 29.8 Å². The van der Waals surface area contributed by atoms with Gasteiger partial charge in [0, 0.05) is 5.56 Å². The van der Waals surface area contributed by atoms with Crippen molar-refractivity contribution in [2.24, 2.45) is 5.73 Å². The molecule has 0 bridgehead atoms. The Kier molecular flexibility index (Phi) is 5.96. The maximum absolute atomic E-state index is 11.5. The topological polar surface area (TPSA) is 113 Å². The highest BCUT2D eigenvalue weighted by Gasteiger charge is 2.11. The second-order valence-corrected chi connectivity index (χ2v) is 6.29. The summed E-state index contributed by atoms with van der Waals surface area (Å²) in [5.74, 6) is 0.676. The van der Waals surface area contributed by atoms with Crippen LogP contribution in [0.5, 0.6) is 5.75 Å². The summed E-state index contributed by atoms with van der Waals surface area (Å²) in [6.45, 7) is 2.71. The van der Waals surface area contributed by atoms with Crippen molar-refractivity contribution in [2.75, 3.05) is 5.32 Å². The molecule has 0 saturated carbocycles. The fourth-order valence-electron chi connectivity index (χ4n) is 2.63. The second kappa shape index (κ2) is 8.77. The Morgan fingerprint density at radius 3 is 2.75 bits per heavy atom. The van der Waals surface area contributed by atoms with Crippen molar-refractivity contribution in [3.05, 3.63) is 83.3 Å². The van der Waals surface area contributed by atoms with E-state index in [1.54, 1.807) is 30.5 Å². The first-order valence-electron chi connectivity index (χ1n) is 8.75. The number of hydrogen-bond donors (Lipinski definition) is 4. The van der Waals surface area contributed by atoms with E-state index in [4.69, 9.17) is 20.3 Å². The molecule has 0 unspecified atom stereocenters. The minimum Gasteiger partial charge on any atom is -0.487 e. The molecule has 0 radical (unpaired) electrons. The molecule has 3 aromatic rings. The third-order valence-corrected chi connectivity index (χ3v) is 4.02. The van der Waals surface area contributed by atoms with E-state index in [1.165, 1.54) is 0 Å². The number of nitrogens with one attached hydrogen (secondary N) is 3. The first-order valence-corrected chi connectivity index (χ1v) is 8.75. The Morgan fingerprint density at radius 1 is 1.18 bits per heavy atom.